The quantitative estimate of drug-likeness (QED) is 0.0628. The average Bonchev–Trinajstić information content (AvgIpc) is 4.15. The molecule has 9 aromatic rings. The van der Waals surface area contributed by atoms with Crippen molar-refractivity contribution in [3.8, 4) is 33.9 Å². The molecule has 64 heavy (non-hydrogen) atoms. The summed E-state index contributed by atoms with van der Waals surface area (Å²) in [5.41, 5.74) is 10.8. The van der Waals surface area contributed by atoms with Crippen LogP contribution in [0.15, 0.2) is 155 Å². The summed E-state index contributed by atoms with van der Waals surface area (Å²) in [4.78, 5) is 57.8. The monoisotopic (exact) mass is 897 g/mol. The molecule has 1 amide bonds. The molecule has 15 nitrogen and oxygen atoms in total. The maximum absolute atomic E-state index is 12.2. The first-order valence-electron chi connectivity index (χ1n) is 18.6. The third-order valence-corrected chi connectivity index (χ3v) is 9.60. The van der Waals surface area contributed by atoms with Gasteiger partial charge in [0.1, 0.15) is 12.6 Å². The van der Waals surface area contributed by atoms with Crippen LogP contribution in [0.3, 0.4) is 0 Å². The molecule has 0 fully saturated rings. The fourth-order valence-electron chi connectivity index (χ4n) is 5.88. The van der Waals surface area contributed by atoms with Crippen molar-refractivity contribution in [2.45, 2.75) is 27.2 Å². The van der Waals surface area contributed by atoms with Gasteiger partial charge in [0.15, 0.2) is 23.2 Å². The van der Waals surface area contributed by atoms with Crippen LogP contribution in [0.2, 0.25) is 10.0 Å². The largest absolute Gasteiger partial charge is 0.461 e. The number of H-pyrrole nitrogens is 1. The van der Waals surface area contributed by atoms with Gasteiger partial charge in [-0.1, -0.05) is 105 Å². The number of nitrogens with zero attached hydrogens (tertiary/aromatic N) is 6. The summed E-state index contributed by atoms with van der Waals surface area (Å²) in [7, 11) is 0. The van der Waals surface area contributed by atoms with Crippen LogP contribution in [0, 0.1) is 0 Å². The molecule has 0 aliphatic heterocycles. The number of hydrogen-bond donors (Lipinski definition) is 3. The third-order valence-electron chi connectivity index (χ3n) is 8.94. The van der Waals surface area contributed by atoms with Gasteiger partial charge in [-0.2, -0.15) is 9.97 Å². The first-order valence-corrected chi connectivity index (χ1v) is 19.4. The number of carbonyl (C=O) groups excluding carboxylic acids is 4. The maximum atomic E-state index is 12.2. The number of carbonyl (C=O) groups is 4. The molecule has 17 heteroatoms. The first-order chi connectivity index (χ1) is 30.2. The number of nitrogens with one attached hydrogen (secondary N) is 2. The highest BCUT2D eigenvalue weighted by Crippen LogP contribution is 2.30. The van der Waals surface area contributed by atoms with E-state index in [1.807, 2.05) is 42.6 Å². The van der Waals surface area contributed by atoms with Gasteiger partial charge in [0.05, 0.1) is 28.5 Å². The minimum absolute atomic E-state index is 0. The number of Topliss-reactive ketones (excluding diaryl/α,β-unsaturated/α-hetero) is 1. The van der Waals surface area contributed by atoms with Gasteiger partial charge in [0, 0.05) is 41.2 Å². The van der Waals surface area contributed by atoms with Gasteiger partial charge < -0.3 is 29.5 Å². The number of nitrogens with two attached hydrogens (primary N) is 1. The molecule has 4 aromatic carbocycles. The van der Waals surface area contributed by atoms with Crippen molar-refractivity contribution in [2.24, 2.45) is 0 Å². The highest BCUT2D eigenvalue weighted by atomic mass is 35.5. The Hall–Kier alpha value is -8.01. The van der Waals surface area contributed by atoms with E-state index in [9.17, 15) is 19.2 Å². The third kappa shape index (κ3) is 11.7. The van der Waals surface area contributed by atoms with E-state index < -0.39 is 5.92 Å². The number of rotatable bonds is 11. The minimum atomic E-state index is -0.601. The van der Waals surface area contributed by atoms with Crippen LogP contribution in [-0.2, 0) is 16.0 Å². The lowest BCUT2D eigenvalue weighted by atomic mass is 10.0. The van der Waals surface area contributed by atoms with Crippen molar-refractivity contribution in [3.05, 3.63) is 179 Å². The number of furan rings is 2. The number of nitrogen functional groups attached to an aromatic ring is 1. The smallest absolute Gasteiger partial charge is 0.291 e. The van der Waals surface area contributed by atoms with E-state index in [0.29, 0.717) is 62.6 Å². The van der Waals surface area contributed by atoms with Crippen LogP contribution >= 0.6 is 23.2 Å². The zero-order valence-corrected chi connectivity index (χ0v) is 33.8. The molecule has 0 aliphatic carbocycles. The Kier molecular flexibility index (Phi) is 16.3. The fourth-order valence-corrected chi connectivity index (χ4v) is 6.29. The van der Waals surface area contributed by atoms with E-state index in [4.69, 9.17) is 37.8 Å². The SMILES string of the molecule is C.C.Nc1n[nH]c(-c2cc(CC(=O)c3ccco3)ccc2Cl)n1.O=C(Nc1ccc(Cl)c(-c2nc3ncc(-c4ccccc4)cn3n2)c1)c1ccco1.O=CC(C=O)c1ccccc1. The van der Waals surface area contributed by atoms with Gasteiger partial charge in [-0.15, -0.1) is 10.2 Å². The lowest BCUT2D eigenvalue weighted by Crippen LogP contribution is -2.10. The standard InChI is InChI=1S/C22H14ClN5O2.C14H11ClN4O2.C9H8O2.2CH4/c23-18-9-8-16(25-21(29)19-7-4-10-30-19)11-17(18)20-26-22-24-12-15(13-28(22)27-20)14-5-2-1-3-6-14;15-10-4-3-8(7-11(20)12-2-1-5-21-12)6-9(10)13-17-14(16)19-18-13;10-6-9(7-11)8-4-2-1-3-5-8;;/h1-13H,(H,25,29);1-6H,7H2,(H3,16,17,18,19);1-7,9H;2*1H4. The molecule has 4 N–H and O–H groups in total. The molecular weight excluding hydrogens is 857 g/mol. The molecule has 0 spiro atoms. The average molecular weight is 899 g/mol. The Morgan fingerprint density at radius 1 is 0.766 bits per heavy atom. The van der Waals surface area contributed by atoms with Crippen LogP contribution in [0.4, 0.5) is 11.6 Å². The molecule has 9 rings (SSSR count). The molecule has 0 bridgehead atoms. The number of amides is 1. The highest BCUT2D eigenvalue weighted by molar-refractivity contribution is 6.33. The zero-order chi connectivity index (χ0) is 43.4. The van der Waals surface area contributed by atoms with Crippen LogP contribution in [0.5, 0.6) is 0 Å². The molecule has 0 atom stereocenters. The summed E-state index contributed by atoms with van der Waals surface area (Å²) in [5, 5.41) is 14.7. The normalized spacial score (nSPS) is 10.3. The number of fused-ring (bicyclic) bond motifs is 1. The number of hydrogen-bond acceptors (Lipinski definition) is 12. The van der Waals surface area contributed by atoms with Crippen LogP contribution in [0.25, 0.3) is 39.7 Å². The first kappa shape index (κ1) is 47.0. The number of benzene rings is 4. The van der Waals surface area contributed by atoms with Gasteiger partial charge in [0.25, 0.3) is 11.7 Å². The zero-order valence-electron chi connectivity index (χ0n) is 32.3. The van der Waals surface area contributed by atoms with E-state index in [1.165, 1.54) is 12.5 Å². The van der Waals surface area contributed by atoms with Crippen molar-refractivity contribution in [1.82, 2.24) is 34.8 Å². The number of aromatic nitrogens is 7. The summed E-state index contributed by atoms with van der Waals surface area (Å²) < 4.78 is 11.8. The molecule has 5 heterocycles. The van der Waals surface area contributed by atoms with Crippen molar-refractivity contribution in [2.75, 3.05) is 11.1 Å². The lowest BCUT2D eigenvalue weighted by Gasteiger charge is -2.06. The number of ketones is 1. The summed E-state index contributed by atoms with van der Waals surface area (Å²) in [6.45, 7) is 0. The lowest BCUT2D eigenvalue weighted by molar-refractivity contribution is -0.116. The van der Waals surface area contributed by atoms with Crippen molar-refractivity contribution < 1.29 is 28.0 Å². The number of aldehydes is 2. The summed E-state index contributed by atoms with van der Waals surface area (Å²) in [6, 6.07) is 35.8. The van der Waals surface area contributed by atoms with Gasteiger partial charge >= 0.3 is 0 Å². The van der Waals surface area contributed by atoms with Crippen molar-refractivity contribution >= 4 is 64.9 Å². The molecule has 0 saturated carbocycles. The van der Waals surface area contributed by atoms with Gasteiger partial charge in [-0.05, 0) is 71.3 Å². The second-order valence-corrected chi connectivity index (χ2v) is 14.0. The predicted molar refractivity (Wildman–Crippen MR) is 246 cm³/mol. The molecule has 0 aliphatic rings. The molecule has 324 valence electrons. The number of aromatic amines is 1. The summed E-state index contributed by atoms with van der Waals surface area (Å²) >= 11 is 12.5. The minimum Gasteiger partial charge on any atom is -0.461 e. The van der Waals surface area contributed by atoms with Crippen LogP contribution in [-0.4, -0.2) is 59.0 Å². The van der Waals surface area contributed by atoms with Crippen molar-refractivity contribution in [3.63, 3.8) is 0 Å². The molecule has 5 aromatic heterocycles. The molecule has 0 radical (unpaired) electrons. The Balaban J connectivity index is 0.000000197. The topological polar surface area (TPSA) is 217 Å². The second kappa shape index (κ2) is 22.2. The van der Waals surface area contributed by atoms with E-state index in [1.54, 1.807) is 95.6 Å². The van der Waals surface area contributed by atoms with E-state index >= 15 is 0 Å². The van der Waals surface area contributed by atoms with Gasteiger partial charge in [0.2, 0.25) is 11.7 Å². The predicted octanol–water partition coefficient (Wildman–Crippen LogP) is 10.1. The summed E-state index contributed by atoms with van der Waals surface area (Å²) in [5.74, 6) is 0.942. The van der Waals surface area contributed by atoms with Gasteiger partial charge in [-0.25, -0.2) is 9.50 Å². The highest BCUT2D eigenvalue weighted by Gasteiger charge is 2.16. The Morgan fingerprint density at radius 3 is 2.06 bits per heavy atom. The molecular formula is C47H41Cl2N9O6. The van der Waals surface area contributed by atoms with Crippen LogP contribution < -0.4 is 11.1 Å². The number of anilines is 2. The Morgan fingerprint density at radius 2 is 1.42 bits per heavy atom. The Labute approximate surface area is 377 Å². The Bertz CT molecular complexity index is 2930. The molecule has 0 unspecified atom stereocenters. The summed E-state index contributed by atoms with van der Waals surface area (Å²) in [6.07, 6.45) is 8.03. The van der Waals surface area contributed by atoms with Crippen molar-refractivity contribution in [1.29, 1.82) is 0 Å². The van der Waals surface area contributed by atoms with E-state index in [0.717, 1.165) is 22.3 Å². The second-order valence-electron chi connectivity index (χ2n) is 13.2. The van der Waals surface area contributed by atoms with Crippen LogP contribution in [0.1, 0.15) is 53.0 Å². The van der Waals surface area contributed by atoms with E-state index in [2.05, 4.69) is 35.6 Å². The van der Waals surface area contributed by atoms with Gasteiger partial charge in [-0.3, -0.25) is 14.7 Å². The fraction of sp³-hybridized carbons (Fsp3) is 0.0851. The van der Waals surface area contributed by atoms with E-state index in [-0.39, 0.29) is 44.7 Å². The maximum Gasteiger partial charge on any atom is 0.291 e. The molecule has 0 saturated heterocycles. The number of halogens is 2.